The van der Waals surface area contributed by atoms with Crippen LogP contribution in [0.25, 0.3) is 0 Å². The molecule has 2 aromatic rings. The predicted octanol–water partition coefficient (Wildman–Crippen LogP) is 2.58. The topological polar surface area (TPSA) is 72.0 Å². The molecule has 0 bridgehead atoms. The number of hydrogen-bond acceptors (Lipinski definition) is 4. The van der Waals surface area contributed by atoms with Crippen LogP contribution in [-0.2, 0) is 10.0 Å². The summed E-state index contributed by atoms with van der Waals surface area (Å²) in [4.78, 5) is 7.54. The summed E-state index contributed by atoms with van der Waals surface area (Å²) in [5.41, 5.74) is 0. The zero-order valence-electron chi connectivity index (χ0n) is 8.84. The molecule has 0 spiro atoms. The highest BCUT2D eigenvalue weighted by atomic mass is 35.5. The first kappa shape index (κ1) is 13.1. The molecule has 0 aliphatic heterocycles. The minimum atomic E-state index is -3.78. The molecule has 94 valence electrons. The Labute approximate surface area is 114 Å². The zero-order chi connectivity index (χ0) is 13.2. The van der Waals surface area contributed by atoms with Crippen molar-refractivity contribution in [2.75, 3.05) is 4.72 Å². The molecule has 8 heteroatoms. The average molecular weight is 304 g/mol. The highest BCUT2D eigenvalue weighted by Crippen LogP contribution is 2.23. The molecule has 0 fully saturated rings. The van der Waals surface area contributed by atoms with Crippen molar-refractivity contribution in [2.24, 2.45) is 0 Å². The maximum Gasteiger partial charge on any atom is 0.263 e. The highest BCUT2D eigenvalue weighted by Gasteiger charge is 2.16. The lowest BCUT2D eigenvalue weighted by atomic mass is 10.4. The highest BCUT2D eigenvalue weighted by molar-refractivity contribution is 7.92. The molecule has 0 aliphatic carbocycles. The molecule has 0 atom stereocenters. The Hall–Kier alpha value is -1.37. The Morgan fingerprint density at radius 3 is 2.28 bits per heavy atom. The van der Waals surface area contributed by atoms with Gasteiger partial charge in [-0.15, -0.1) is 0 Å². The minimum Gasteiger partial charge on any atom is -0.262 e. The number of hydrogen-bond donors (Lipinski definition) is 1. The van der Waals surface area contributed by atoms with Gasteiger partial charge in [-0.05, 0) is 18.2 Å². The molecule has 0 saturated carbocycles. The van der Waals surface area contributed by atoms with Crippen LogP contribution in [0.15, 0.2) is 41.7 Å². The van der Waals surface area contributed by atoms with Gasteiger partial charge in [0.15, 0.2) is 5.82 Å². The number of nitrogens with one attached hydrogen (secondary N) is 1. The van der Waals surface area contributed by atoms with Crippen LogP contribution in [0, 0.1) is 0 Å². The number of nitrogens with zero attached hydrogens (tertiary/aromatic N) is 2. The molecule has 1 heterocycles. The zero-order valence-corrected chi connectivity index (χ0v) is 11.2. The first-order valence-corrected chi connectivity index (χ1v) is 6.96. The SMILES string of the molecule is O=S(=O)(Nc1cnccn1)c1cc(Cl)cc(Cl)c1. The van der Waals surface area contributed by atoms with E-state index in [9.17, 15) is 8.42 Å². The van der Waals surface area contributed by atoms with E-state index in [1.807, 2.05) is 0 Å². The third-order valence-corrected chi connectivity index (χ3v) is 3.72. The summed E-state index contributed by atoms with van der Waals surface area (Å²) < 4.78 is 26.3. The molecular weight excluding hydrogens is 297 g/mol. The molecule has 1 aromatic carbocycles. The van der Waals surface area contributed by atoms with E-state index in [1.165, 1.54) is 36.8 Å². The van der Waals surface area contributed by atoms with Crippen molar-refractivity contribution in [1.29, 1.82) is 0 Å². The second-order valence-electron chi connectivity index (χ2n) is 3.30. The van der Waals surface area contributed by atoms with Crippen LogP contribution in [0.1, 0.15) is 0 Å². The van der Waals surface area contributed by atoms with Crippen molar-refractivity contribution in [3.8, 4) is 0 Å². The summed E-state index contributed by atoms with van der Waals surface area (Å²) in [7, 11) is -3.78. The second-order valence-corrected chi connectivity index (χ2v) is 5.86. The Balaban J connectivity index is 2.37. The lowest BCUT2D eigenvalue weighted by molar-refractivity contribution is 0.601. The molecule has 1 N–H and O–H groups in total. The standard InChI is InChI=1S/C10H7Cl2N3O2S/c11-7-3-8(12)5-9(4-7)18(16,17)15-10-6-13-1-2-14-10/h1-6H,(H,14,15). The number of sulfonamides is 1. The number of benzene rings is 1. The monoisotopic (exact) mass is 303 g/mol. The van der Waals surface area contributed by atoms with Crippen molar-refractivity contribution >= 4 is 39.0 Å². The number of anilines is 1. The molecule has 0 radical (unpaired) electrons. The van der Waals surface area contributed by atoms with Gasteiger partial charge in [0.25, 0.3) is 10.0 Å². The van der Waals surface area contributed by atoms with E-state index in [0.29, 0.717) is 0 Å². The van der Waals surface area contributed by atoms with E-state index < -0.39 is 10.0 Å². The van der Waals surface area contributed by atoms with E-state index in [4.69, 9.17) is 23.2 Å². The van der Waals surface area contributed by atoms with Gasteiger partial charge in [-0.3, -0.25) is 9.71 Å². The Morgan fingerprint density at radius 1 is 1.06 bits per heavy atom. The maximum atomic E-state index is 12.0. The smallest absolute Gasteiger partial charge is 0.262 e. The predicted molar refractivity (Wildman–Crippen MR) is 69.3 cm³/mol. The lowest BCUT2D eigenvalue weighted by Crippen LogP contribution is -2.14. The van der Waals surface area contributed by atoms with Crippen LogP contribution in [0.2, 0.25) is 10.0 Å². The molecule has 0 saturated heterocycles. The van der Waals surface area contributed by atoms with E-state index in [0.717, 1.165) is 0 Å². The Bertz CT molecular complexity index is 642. The first-order chi connectivity index (χ1) is 8.47. The van der Waals surface area contributed by atoms with Crippen molar-refractivity contribution in [1.82, 2.24) is 9.97 Å². The summed E-state index contributed by atoms with van der Waals surface area (Å²) in [5.74, 6) is 0.119. The van der Waals surface area contributed by atoms with Gasteiger partial charge in [0.05, 0.1) is 11.1 Å². The third-order valence-electron chi connectivity index (χ3n) is 1.95. The van der Waals surface area contributed by atoms with Crippen LogP contribution in [-0.4, -0.2) is 18.4 Å². The van der Waals surface area contributed by atoms with E-state index in [2.05, 4.69) is 14.7 Å². The normalized spacial score (nSPS) is 11.2. The molecule has 0 aliphatic rings. The third kappa shape index (κ3) is 3.10. The molecule has 1 aromatic heterocycles. The number of rotatable bonds is 3. The van der Waals surface area contributed by atoms with Gasteiger partial charge in [0, 0.05) is 22.4 Å². The lowest BCUT2D eigenvalue weighted by Gasteiger charge is -2.07. The van der Waals surface area contributed by atoms with Crippen LogP contribution in [0.3, 0.4) is 0 Å². The molecular formula is C10H7Cl2N3O2S. The molecule has 0 unspecified atom stereocenters. The Morgan fingerprint density at radius 2 is 1.72 bits per heavy atom. The van der Waals surface area contributed by atoms with Gasteiger partial charge in [-0.25, -0.2) is 13.4 Å². The van der Waals surface area contributed by atoms with Gasteiger partial charge >= 0.3 is 0 Å². The maximum absolute atomic E-state index is 12.0. The quantitative estimate of drug-likeness (QED) is 0.946. The van der Waals surface area contributed by atoms with Gasteiger partial charge < -0.3 is 0 Å². The van der Waals surface area contributed by atoms with E-state index in [-0.39, 0.29) is 20.8 Å². The van der Waals surface area contributed by atoms with Crippen LogP contribution < -0.4 is 4.72 Å². The minimum absolute atomic E-state index is 0.0364. The summed E-state index contributed by atoms with van der Waals surface area (Å²) >= 11 is 11.5. The van der Waals surface area contributed by atoms with Crippen molar-refractivity contribution in [2.45, 2.75) is 4.90 Å². The van der Waals surface area contributed by atoms with E-state index in [1.54, 1.807) is 0 Å². The van der Waals surface area contributed by atoms with Crippen molar-refractivity contribution in [3.05, 3.63) is 46.8 Å². The average Bonchev–Trinajstić information content (AvgIpc) is 2.28. The van der Waals surface area contributed by atoms with Crippen molar-refractivity contribution in [3.63, 3.8) is 0 Å². The largest absolute Gasteiger partial charge is 0.263 e. The first-order valence-electron chi connectivity index (χ1n) is 4.72. The van der Waals surface area contributed by atoms with Gasteiger partial charge in [-0.1, -0.05) is 23.2 Å². The fraction of sp³-hybridized carbons (Fsp3) is 0. The van der Waals surface area contributed by atoms with Crippen molar-refractivity contribution < 1.29 is 8.42 Å². The fourth-order valence-corrected chi connectivity index (χ4v) is 2.95. The second kappa shape index (κ2) is 5.09. The summed E-state index contributed by atoms with van der Waals surface area (Å²) in [6.07, 6.45) is 4.11. The molecule has 5 nitrogen and oxygen atoms in total. The fourth-order valence-electron chi connectivity index (χ4n) is 1.23. The molecule has 18 heavy (non-hydrogen) atoms. The Kier molecular flexibility index (Phi) is 3.70. The van der Waals surface area contributed by atoms with Crippen LogP contribution in [0.5, 0.6) is 0 Å². The molecule has 0 amide bonds. The summed E-state index contributed by atoms with van der Waals surface area (Å²) in [6, 6.07) is 4.04. The van der Waals surface area contributed by atoms with Gasteiger partial charge in [-0.2, -0.15) is 0 Å². The van der Waals surface area contributed by atoms with Crippen LogP contribution in [0.4, 0.5) is 5.82 Å². The number of halogens is 2. The molecule has 2 rings (SSSR count). The van der Waals surface area contributed by atoms with E-state index >= 15 is 0 Å². The number of aromatic nitrogens is 2. The van der Waals surface area contributed by atoms with Gasteiger partial charge in [0.2, 0.25) is 0 Å². The van der Waals surface area contributed by atoms with Crippen LogP contribution >= 0.6 is 23.2 Å². The summed E-state index contributed by atoms with van der Waals surface area (Å²) in [6.45, 7) is 0. The summed E-state index contributed by atoms with van der Waals surface area (Å²) in [5, 5.41) is 0.476. The van der Waals surface area contributed by atoms with Gasteiger partial charge in [0.1, 0.15) is 0 Å².